The maximum atomic E-state index is 11.8. The lowest BCUT2D eigenvalue weighted by Gasteiger charge is -2.36. The number of nitrogens with two attached hydrogens (primary N) is 1. The zero-order valence-corrected chi connectivity index (χ0v) is 14.4. The van der Waals surface area contributed by atoms with E-state index >= 15 is 0 Å². The van der Waals surface area contributed by atoms with Crippen LogP contribution in [0.15, 0.2) is 30.0 Å². The van der Waals surface area contributed by atoms with Crippen LogP contribution in [0.5, 0.6) is 0 Å². The van der Waals surface area contributed by atoms with Crippen LogP contribution in [0.25, 0.3) is 0 Å². The van der Waals surface area contributed by atoms with Crippen LogP contribution in [-0.4, -0.2) is 47.7 Å². The highest BCUT2D eigenvalue weighted by Crippen LogP contribution is 2.25. The molecule has 4 N–H and O–H groups in total. The van der Waals surface area contributed by atoms with E-state index in [0.29, 0.717) is 12.4 Å². The summed E-state index contributed by atoms with van der Waals surface area (Å²) in [6.07, 6.45) is 3.49. The molecule has 1 saturated heterocycles. The number of carbonyl (C=O) groups is 1. The van der Waals surface area contributed by atoms with Gasteiger partial charge in [0, 0.05) is 30.4 Å². The van der Waals surface area contributed by atoms with Gasteiger partial charge in [-0.15, -0.1) is 0 Å². The quantitative estimate of drug-likeness (QED) is 0.666. The van der Waals surface area contributed by atoms with Gasteiger partial charge in [0.15, 0.2) is 11.8 Å². The summed E-state index contributed by atoms with van der Waals surface area (Å²) in [6, 6.07) is 5.74. The highest BCUT2D eigenvalue weighted by Gasteiger charge is 2.34. The Morgan fingerprint density at radius 1 is 1.44 bits per heavy atom. The second-order valence-corrected chi connectivity index (χ2v) is 6.55. The molecule has 1 aromatic rings. The number of primary amides is 1. The van der Waals surface area contributed by atoms with Crippen LogP contribution in [0, 0.1) is 6.92 Å². The fraction of sp³-hybridized carbons (Fsp3) is 0.500. The van der Waals surface area contributed by atoms with Crippen molar-refractivity contribution in [3.05, 3.63) is 41.2 Å². The zero-order chi connectivity index (χ0) is 17.8. The van der Waals surface area contributed by atoms with Gasteiger partial charge in [-0.3, -0.25) is 9.69 Å². The van der Waals surface area contributed by atoms with E-state index in [1.54, 1.807) is 6.08 Å². The molecule has 1 atom stereocenters. The van der Waals surface area contributed by atoms with Crippen LogP contribution in [0.1, 0.15) is 24.0 Å². The normalized spacial score (nSPS) is 20.0. The van der Waals surface area contributed by atoms with Crippen molar-refractivity contribution >= 4 is 11.6 Å². The zero-order valence-electron chi connectivity index (χ0n) is 14.4. The van der Waals surface area contributed by atoms with Gasteiger partial charge in [0.05, 0.1) is 6.61 Å². The molecule has 3 rings (SSSR count). The van der Waals surface area contributed by atoms with Gasteiger partial charge in [0.1, 0.15) is 6.61 Å². The number of rotatable bonds is 6. The number of amides is 1. The molecule has 136 valence electrons. The lowest BCUT2D eigenvalue weighted by atomic mass is 10.0. The lowest BCUT2D eigenvalue weighted by molar-refractivity contribution is -0.240. The summed E-state index contributed by atoms with van der Waals surface area (Å²) in [5.41, 5.74) is 8.55. The van der Waals surface area contributed by atoms with E-state index in [0.717, 1.165) is 42.7 Å². The lowest BCUT2D eigenvalue weighted by Crippen LogP contribution is -2.51. The number of anilines is 1. The Bertz CT molecular complexity index is 654. The van der Waals surface area contributed by atoms with Gasteiger partial charge in [0.2, 0.25) is 5.91 Å². The summed E-state index contributed by atoms with van der Waals surface area (Å²) in [4.78, 5) is 23.8. The Hall–Kier alpha value is -2.09. The fourth-order valence-electron chi connectivity index (χ4n) is 3.43. The molecule has 7 nitrogen and oxygen atoms in total. The first-order valence-electron chi connectivity index (χ1n) is 8.58. The number of hydrogen-bond acceptors (Lipinski definition) is 6. The van der Waals surface area contributed by atoms with Gasteiger partial charge in [-0.05, 0) is 31.9 Å². The Labute approximate surface area is 147 Å². The molecule has 2 aliphatic rings. The van der Waals surface area contributed by atoms with Crippen LogP contribution >= 0.6 is 0 Å². The van der Waals surface area contributed by atoms with Gasteiger partial charge >= 0.3 is 0 Å². The number of piperidine rings is 1. The number of aliphatic hydroxyl groups is 1. The average molecular weight is 347 g/mol. The van der Waals surface area contributed by atoms with E-state index in [9.17, 15) is 9.90 Å². The number of nitrogens with one attached hydrogen (secondary N) is 1. The molecule has 7 heteroatoms. The van der Waals surface area contributed by atoms with Gasteiger partial charge < -0.3 is 21.0 Å². The van der Waals surface area contributed by atoms with Crippen molar-refractivity contribution in [1.29, 1.82) is 0 Å². The molecule has 25 heavy (non-hydrogen) atoms. The fourth-order valence-corrected chi connectivity index (χ4v) is 3.43. The van der Waals surface area contributed by atoms with Crippen molar-refractivity contribution in [2.45, 2.75) is 38.5 Å². The summed E-state index contributed by atoms with van der Waals surface area (Å²) in [6.45, 7) is 3.82. The predicted molar refractivity (Wildman–Crippen MR) is 93.4 cm³/mol. The maximum Gasteiger partial charge on any atom is 0.242 e. The van der Waals surface area contributed by atoms with Crippen LogP contribution in [0.3, 0.4) is 0 Å². The standard InChI is InChI=1S/C18H25N3O4/c1-12-2-3-15(13(10-12)11-22)20-14-4-7-21(8-5-14)17(18(19)23)16-6-9-24-25-16/h2-3,6,10,14,17,20,22H,4-5,7-9,11H2,1H3,(H2,19,23). The molecule has 0 saturated carbocycles. The molecule has 0 aliphatic carbocycles. The Morgan fingerprint density at radius 3 is 2.80 bits per heavy atom. The van der Waals surface area contributed by atoms with Crippen molar-refractivity contribution in [3.8, 4) is 0 Å². The predicted octanol–water partition coefficient (Wildman–Crippen LogP) is 1.06. The number of likely N-dealkylation sites (tertiary alicyclic amines) is 1. The first-order chi connectivity index (χ1) is 12.1. The van der Waals surface area contributed by atoms with E-state index in [4.69, 9.17) is 15.5 Å². The molecule has 1 unspecified atom stereocenters. The van der Waals surface area contributed by atoms with Crippen molar-refractivity contribution < 1.29 is 19.7 Å². The largest absolute Gasteiger partial charge is 0.392 e. The minimum Gasteiger partial charge on any atom is -0.392 e. The van der Waals surface area contributed by atoms with Crippen LogP contribution in [-0.2, 0) is 21.2 Å². The van der Waals surface area contributed by atoms with Crippen LogP contribution in [0.4, 0.5) is 5.69 Å². The smallest absolute Gasteiger partial charge is 0.242 e. The van der Waals surface area contributed by atoms with Gasteiger partial charge in [0.25, 0.3) is 0 Å². The second-order valence-electron chi connectivity index (χ2n) is 6.55. The van der Waals surface area contributed by atoms with Crippen LogP contribution < -0.4 is 11.1 Å². The summed E-state index contributed by atoms with van der Waals surface area (Å²) in [5, 5.41) is 13.1. The summed E-state index contributed by atoms with van der Waals surface area (Å²) in [7, 11) is 0. The number of benzene rings is 1. The number of hydrogen-bond donors (Lipinski definition) is 3. The second kappa shape index (κ2) is 7.86. The molecular formula is C18H25N3O4. The minimum absolute atomic E-state index is 0.0120. The van der Waals surface area contributed by atoms with E-state index in [-0.39, 0.29) is 12.6 Å². The first-order valence-corrected chi connectivity index (χ1v) is 8.58. The van der Waals surface area contributed by atoms with Gasteiger partial charge in [-0.2, -0.15) is 4.89 Å². The number of aryl methyl sites for hydroxylation is 1. The van der Waals surface area contributed by atoms with E-state index in [2.05, 4.69) is 5.32 Å². The molecule has 0 radical (unpaired) electrons. The number of nitrogens with zero attached hydrogens (tertiary/aromatic N) is 1. The van der Waals surface area contributed by atoms with Crippen LogP contribution in [0.2, 0.25) is 0 Å². The third-order valence-corrected chi connectivity index (χ3v) is 4.73. The van der Waals surface area contributed by atoms with Crippen molar-refractivity contribution in [1.82, 2.24) is 4.90 Å². The van der Waals surface area contributed by atoms with E-state index < -0.39 is 11.9 Å². The van der Waals surface area contributed by atoms with E-state index in [1.165, 1.54) is 0 Å². The first kappa shape index (κ1) is 17.7. The molecule has 0 spiro atoms. The molecule has 1 amide bonds. The average Bonchev–Trinajstić information content (AvgIpc) is 3.12. The highest BCUT2D eigenvalue weighted by molar-refractivity contribution is 5.82. The summed E-state index contributed by atoms with van der Waals surface area (Å²) < 4.78 is 0. The summed E-state index contributed by atoms with van der Waals surface area (Å²) in [5.74, 6) is 0.0595. The maximum absolute atomic E-state index is 11.8. The number of carbonyl (C=O) groups excluding carboxylic acids is 1. The molecule has 0 aromatic heterocycles. The Kier molecular flexibility index (Phi) is 5.57. The van der Waals surface area contributed by atoms with Crippen molar-refractivity contribution in [2.75, 3.05) is 25.0 Å². The number of aliphatic hydroxyl groups excluding tert-OH is 1. The third-order valence-electron chi connectivity index (χ3n) is 4.73. The molecule has 2 heterocycles. The molecule has 2 aliphatic heterocycles. The van der Waals surface area contributed by atoms with Crippen molar-refractivity contribution in [2.24, 2.45) is 5.73 Å². The molecule has 0 bridgehead atoms. The van der Waals surface area contributed by atoms with Crippen molar-refractivity contribution in [3.63, 3.8) is 0 Å². The SMILES string of the molecule is Cc1ccc(NC2CCN(C(C(N)=O)C3=CCOO3)CC2)c(CO)c1. The van der Waals surface area contributed by atoms with Gasteiger partial charge in [-0.25, -0.2) is 0 Å². The molecule has 1 fully saturated rings. The highest BCUT2D eigenvalue weighted by atomic mass is 17.2. The molecule has 1 aromatic carbocycles. The Morgan fingerprint density at radius 2 is 2.20 bits per heavy atom. The van der Waals surface area contributed by atoms with Gasteiger partial charge in [-0.1, -0.05) is 17.7 Å². The molecular weight excluding hydrogens is 322 g/mol. The third kappa shape index (κ3) is 4.12. The summed E-state index contributed by atoms with van der Waals surface area (Å²) >= 11 is 0. The topological polar surface area (TPSA) is 97.1 Å². The Balaban J connectivity index is 1.61. The monoisotopic (exact) mass is 347 g/mol. The minimum atomic E-state index is -0.573. The van der Waals surface area contributed by atoms with E-state index in [1.807, 2.05) is 30.0 Å².